The third-order valence-corrected chi connectivity index (χ3v) is 7.12. The van der Waals surface area contributed by atoms with E-state index >= 15 is 0 Å². The Balaban J connectivity index is 1.31. The highest BCUT2D eigenvalue weighted by atomic mass is 16.4. The molecule has 0 spiro atoms. The van der Waals surface area contributed by atoms with Crippen molar-refractivity contribution >= 4 is 33.9 Å². The molecule has 0 bridgehead atoms. The van der Waals surface area contributed by atoms with E-state index in [2.05, 4.69) is 71.7 Å². The molecule has 0 aromatic heterocycles. The van der Waals surface area contributed by atoms with Crippen LogP contribution in [0.2, 0.25) is 0 Å². The third-order valence-electron chi connectivity index (χ3n) is 7.12. The van der Waals surface area contributed by atoms with Crippen LogP contribution in [0.4, 0.5) is 5.69 Å². The molecule has 0 saturated carbocycles. The molecular formula is C28H28N2O3. The fourth-order valence-corrected chi connectivity index (χ4v) is 5.52. The molecule has 3 aromatic rings. The number of aliphatic carboxylic acids is 1. The summed E-state index contributed by atoms with van der Waals surface area (Å²) in [4.78, 5) is 25.0. The maximum absolute atomic E-state index is 11.4. The Morgan fingerprint density at radius 3 is 2.82 bits per heavy atom. The molecule has 5 rings (SSSR count). The fraction of sp³-hybridized carbons (Fsp3) is 0.321. The first-order chi connectivity index (χ1) is 16.0. The van der Waals surface area contributed by atoms with Gasteiger partial charge in [-0.15, -0.1) is 0 Å². The number of hydrogen-bond donors (Lipinski definition) is 2. The van der Waals surface area contributed by atoms with Crippen LogP contribution in [0.1, 0.15) is 54.8 Å². The second-order valence-electron chi connectivity index (χ2n) is 9.24. The van der Waals surface area contributed by atoms with Gasteiger partial charge in [-0.25, -0.2) is 4.79 Å². The lowest BCUT2D eigenvalue weighted by atomic mass is 9.97. The summed E-state index contributed by atoms with van der Waals surface area (Å²) >= 11 is 0. The zero-order chi connectivity index (χ0) is 22.9. The van der Waals surface area contributed by atoms with E-state index in [1.54, 1.807) is 0 Å². The van der Waals surface area contributed by atoms with Gasteiger partial charge in [-0.05, 0) is 65.3 Å². The normalized spacial score (nSPS) is 20.6. The lowest BCUT2D eigenvalue weighted by Crippen LogP contribution is -2.34. The number of fused-ring (bicyclic) bond motifs is 2. The Kier molecular flexibility index (Phi) is 5.76. The van der Waals surface area contributed by atoms with Crippen LogP contribution in [0.25, 0.3) is 16.3 Å². The standard InChI is InChI=1S/C28H28N2O3/c1-18(24-8-4-6-19-5-2-3-7-25(19)24)29-22-11-12-30(16-22)23-9-10-26-21(17-31)13-20(14-28(32)33)27(26)15-23/h2-10,15,18,20,22,29H,11-14,16H2,1H3,(H,32,33)/t18?,20-,22+/m1/s1. The molecule has 1 unspecified atom stereocenters. The van der Waals surface area contributed by atoms with E-state index in [0.29, 0.717) is 18.0 Å². The Labute approximate surface area is 193 Å². The van der Waals surface area contributed by atoms with Crippen molar-refractivity contribution in [1.82, 2.24) is 5.32 Å². The molecule has 1 heterocycles. The van der Waals surface area contributed by atoms with Crippen LogP contribution in [-0.4, -0.2) is 36.1 Å². The number of carboxylic acids is 1. The van der Waals surface area contributed by atoms with E-state index in [9.17, 15) is 14.7 Å². The lowest BCUT2D eigenvalue weighted by Gasteiger charge is -2.23. The SMILES string of the molecule is CC(N[C@H]1CCN(c2ccc3c(c2)[C@@H](CC(=O)O)CC3=C=O)C1)c1cccc2ccccc12. The fourth-order valence-electron chi connectivity index (χ4n) is 5.52. The molecular weight excluding hydrogens is 412 g/mol. The van der Waals surface area contributed by atoms with Crippen LogP contribution in [0, 0.1) is 0 Å². The van der Waals surface area contributed by atoms with Crippen LogP contribution < -0.4 is 10.2 Å². The van der Waals surface area contributed by atoms with E-state index in [-0.39, 0.29) is 18.4 Å². The molecule has 1 fully saturated rings. The summed E-state index contributed by atoms with van der Waals surface area (Å²) in [6.45, 7) is 4.07. The molecule has 5 heteroatoms. The van der Waals surface area contributed by atoms with E-state index in [1.807, 2.05) is 12.0 Å². The second-order valence-corrected chi connectivity index (χ2v) is 9.24. The summed E-state index contributed by atoms with van der Waals surface area (Å²) in [6, 6.07) is 21.7. The molecule has 0 radical (unpaired) electrons. The number of allylic oxidation sites excluding steroid dienone is 1. The second kappa shape index (κ2) is 8.86. The van der Waals surface area contributed by atoms with Crippen LogP contribution >= 0.6 is 0 Å². The van der Waals surface area contributed by atoms with Gasteiger partial charge < -0.3 is 15.3 Å². The summed E-state index contributed by atoms with van der Waals surface area (Å²) in [6.07, 6.45) is 1.54. The third kappa shape index (κ3) is 4.18. The van der Waals surface area contributed by atoms with E-state index < -0.39 is 5.97 Å². The van der Waals surface area contributed by atoms with Gasteiger partial charge in [-0.1, -0.05) is 48.5 Å². The Hall–Kier alpha value is -3.40. The van der Waals surface area contributed by atoms with Crippen LogP contribution in [0.15, 0.2) is 60.7 Å². The van der Waals surface area contributed by atoms with Gasteiger partial charge in [0.1, 0.15) is 5.94 Å². The summed E-state index contributed by atoms with van der Waals surface area (Å²) < 4.78 is 0. The molecule has 168 valence electrons. The molecule has 1 saturated heterocycles. The van der Waals surface area contributed by atoms with Crippen LogP contribution in [-0.2, 0) is 9.59 Å². The largest absolute Gasteiger partial charge is 0.481 e. The summed E-state index contributed by atoms with van der Waals surface area (Å²) in [5, 5.41) is 15.7. The number of hydrogen-bond acceptors (Lipinski definition) is 4. The number of nitrogens with one attached hydrogen (secondary N) is 1. The number of anilines is 1. The van der Waals surface area contributed by atoms with Crippen molar-refractivity contribution in [3.8, 4) is 0 Å². The maximum atomic E-state index is 11.4. The lowest BCUT2D eigenvalue weighted by molar-refractivity contribution is -0.137. The topological polar surface area (TPSA) is 69.6 Å². The first-order valence-corrected chi connectivity index (χ1v) is 11.6. The molecule has 2 aliphatic rings. The van der Waals surface area contributed by atoms with Gasteiger partial charge in [-0.2, -0.15) is 0 Å². The van der Waals surface area contributed by atoms with E-state index in [1.165, 1.54) is 16.3 Å². The van der Waals surface area contributed by atoms with Gasteiger partial charge in [0.15, 0.2) is 0 Å². The smallest absolute Gasteiger partial charge is 0.303 e. The summed E-state index contributed by atoms with van der Waals surface area (Å²) in [7, 11) is 0. The number of carbonyl (C=O) groups is 1. The molecule has 3 aromatic carbocycles. The zero-order valence-electron chi connectivity index (χ0n) is 18.8. The quantitative estimate of drug-likeness (QED) is 0.531. The Morgan fingerprint density at radius 2 is 2.00 bits per heavy atom. The van der Waals surface area contributed by atoms with Gasteiger partial charge in [0.05, 0.1) is 6.42 Å². The van der Waals surface area contributed by atoms with Gasteiger partial charge in [0, 0.05) is 36.4 Å². The molecule has 3 atom stereocenters. The number of rotatable bonds is 6. The van der Waals surface area contributed by atoms with Crippen molar-refractivity contribution in [3.63, 3.8) is 0 Å². The molecule has 1 aliphatic carbocycles. The number of nitrogens with zero attached hydrogens (tertiary/aromatic N) is 1. The first kappa shape index (κ1) is 21.4. The highest BCUT2D eigenvalue weighted by Gasteiger charge is 2.31. The Bertz CT molecular complexity index is 1260. The number of benzene rings is 3. The predicted molar refractivity (Wildman–Crippen MR) is 131 cm³/mol. The average molecular weight is 441 g/mol. The van der Waals surface area contributed by atoms with Crippen molar-refractivity contribution in [3.05, 3.63) is 77.4 Å². The minimum Gasteiger partial charge on any atom is -0.481 e. The zero-order valence-corrected chi connectivity index (χ0v) is 18.8. The number of carbonyl (C=O) groups excluding carboxylic acids is 1. The molecule has 0 amide bonds. The van der Waals surface area contributed by atoms with Gasteiger partial charge in [0.25, 0.3) is 0 Å². The molecule has 5 nitrogen and oxygen atoms in total. The Morgan fingerprint density at radius 1 is 1.18 bits per heavy atom. The minimum atomic E-state index is -0.837. The predicted octanol–water partition coefficient (Wildman–Crippen LogP) is 4.95. The van der Waals surface area contributed by atoms with E-state index in [0.717, 1.165) is 36.3 Å². The summed E-state index contributed by atoms with van der Waals surface area (Å²) in [5.74, 6) is 1.03. The van der Waals surface area contributed by atoms with Gasteiger partial charge in [-0.3, -0.25) is 4.79 Å². The highest BCUT2D eigenvalue weighted by molar-refractivity contribution is 5.93. The average Bonchev–Trinajstić information content (AvgIpc) is 3.42. The monoisotopic (exact) mass is 440 g/mol. The molecule has 33 heavy (non-hydrogen) atoms. The van der Waals surface area contributed by atoms with Crippen LogP contribution in [0.5, 0.6) is 0 Å². The highest BCUT2D eigenvalue weighted by Crippen LogP contribution is 2.43. The van der Waals surface area contributed by atoms with Crippen molar-refractivity contribution in [2.45, 2.75) is 44.2 Å². The van der Waals surface area contributed by atoms with Crippen molar-refractivity contribution in [2.24, 2.45) is 0 Å². The maximum Gasteiger partial charge on any atom is 0.303 e. The van der Waals surface area contributed by atoms with Crippen molar-refractivity contribution in [1.29, 1.82) is 0 Å². The van der Waals surface area contributed by atoms with Crippen molar-refractivity contribution in [2.75, 3.05) is 18.0 Å². The van der Waals surface area contributed by atoms with Gasteiger partial charge in [0.2, 0.25) is 0 Å². The van der Waals surface area contributed by atoms with Crippen molar-refractivity contribution < 1.29 is 14.7 Å². The molecule has 1 aliphatic heterocycles. The van der Waals surface area contributed by atoms with E-state index in [4.69, 9.17) is 0 Å². The van der Waals surface area contributed by atoms with Crippen LogP contribution in [0.3, 0.4) is 0 Å². The first-order valence-electron chi connectivity index (χ1n) is 11.6. The minimum absolute atomic E-state index is 0.0361. The summed E-state index contributed by atoms with van der Waals surface area (Å²) in [5.41, 5.74) is 4.83. The molecule has 2 N–H and O–H groups in total. The number of carboxylic acid groups (broad SMARTS) is 1. The van der Waals surface area contributed by atoms with Gasteiger partial charge >= 0.3 is 5.97 Å².